The van der Waals surface area contributed by atoms with Gasteiger partial charge in [0.1, 0.15) is 0 Å². The Morgan fingerprint density at radius 2 is 1.94 bits per heavy atom. The molecule has 5 heteroatoms. The van der Waals surface area contributed by atoms with E-state index < -0.39 is 14.3 Å². The van der Waals surface area contributed by atoms with E-state index in [1.165, 1.54) is 0 Å². The van der Waals surface area contributed by atoms with Crippen LogP contribution in [0, 0.1) is 5.92 Å². The van der Waals surface area contributed by atoms with Gasteiger partial charge in [-0.15, -0.1) is 0 Å². The van der Waals surface area contributed by atoms with Crippen molar-refractivity contribution in [1.82, 2.24) is 0 Å². The molecule has 0 aromatic carbocycles. The summed E-state index contributed by atoms with van der Waals surface area (Å²) < 4.78 is 5.87. The molecule has 4 nitrogen and oxygen atoms in total. The van der Waals surface area contributed by atoms with Crippen molar-refractivity contribution in [3.8, 4) is 0 Å². The topological polar surface area (TPSA) is 66.8 Å². The molecule has 0 saturated heterocycles. The van der Waals surface area contributed by atoms with Gasteiger partial charge in [0.15, 0.2) is 8.32 Å². The molecule has 0 aliphatic rings. The van der Waals surface area contributed by atoms with Crippen molar-refractivity contribution < 1.29 is 19.4 Å². The largest absolute Gasteiger partial charge is 0.481 e. The molecular weight excluding hydrogens is 224 g/mol. The van der Waals surface area contributed by atoms with E-state index in [9.17, 15) is 4.79 Å². The third kappa shape index (κ3) is 7.84. The maximum Gasteiger partial charge on any atom is 0.303 e. The van der Waals surface area contributed by atoms with Crippen molar-refractivity contribution >= 4 is 14.3 Å². The van der Waals surface area contributed by atoms with Crippen LogP contribution in [0.1, 0.15) is 26.7 Å². The molecule has 0 saturated carbocycles. The monoisotopic (exact) mass is 248 g/mol. The minimum Gasteiger partial charge on any atom is -0.481 e. The summed E-state index contributed by atoms with van der Waals surface area (Å²) in [7, 11) is -1.78. The van der Waals surface area contributed by atoms with E-state index in [0.29, 0.717) is 12.3 Å². The van der Waals surface area contributed by atoms with Crippen LogP contribution in [-0.4, -0.2) is 37.2 Å². The molecule has 2 N–H and O–H groups in total. The second-order valence-corrected chi connectivity index (χ2v) is 9.38. The fourth-order valence-corrected chi connectivity index (χ4v) is 5.11. The lowest BCUT2D eigenvalue weighted by Gasteiger charge is -2.29. The smallest absolute Gasteiger partial charge is 0.303 e. The van der Waals surface area contributed by atoms with Gasteiger partial charge in [0.25, 0.3) is 0 Å². The van der Waals surface area contributed by atoms with Crippen LogP contribution in [-0.2, 0) is 9.22 Å². The van der Waals surface area contributed by atoms with Gasteiger partial charge in [0, 0.05) is 6.42 Å². The summed E-state index contributed by atoms with van der Waals surface area (Å²) >= 11 is 0. The van der Waals surface area contributed by atoms with Crippen LogP contribution in [0.2, 0.25) is 19.1 Å². The van der Waals surface area contributed by atoms with E-state index in [1.54, 1.807) is 0 Å². The molecule has 1 atom stereocenters. The van der Waals surface area contributed by atoms with Gasteiger partial charge in [0.2, 0.25) is 0 Å². The second-order valence-electron chi connectivity index (χ2n) is 5.21. The molecule has 16 heavy (non-hydrogen) atoms. The van der Waals surface area contributed by atoms with Crippen LogP contribution in [0.15, 0.2) is 0 Å². The first-order valence-corrected chi connectivity index (χ1v) is 8.89. The lowest BCUT2D eigenvalue weighted by atomic mass is 10.2. The van der Waals surface area contributed by atoms with E-state index >= 15 is 0 Å². The molecule has 0 aromatic heterocycles. The number of rotatable bonds is 8. The normalized spacial score (nSPS) is 14.1. The summed E-state index contributed by atoms with van der Waals surface area (Å²) in [6.45, 7) is 8.40. The van der Waals surface area contributed by atoms with Crippen LogP contribution in [0.25, 0.3) is 0 Å². The van der Waals surface area contributed by atoms with Gasteiger partial charge >= 0.3 is 5.97 Å². The first-order valence-electron chi connectivity index (χ1n) is 5.77. The Kier molecular flexibility index (Phi) is 6.86. The summed E-state index contributed by atoms with van der Waals surface area (Å²) in [4.78, 5) is 10.4. The number of aliphatic carboxylic acids is 1. The van der Waals surface area contributed by atoms with Gasteiger partial charge in [-0.2, -0.15) is 0 Å². The highest BCUT2D eigenvalue weighted by molar-refractivity contribution is 6.71. The fourth-order valence-electron chi connectivity index (χ4n) is 1.95. The van der Waals surface area contributed by atoms with Crippen molar-refractivity contribution in [3.05, 3.63) is 0 Å². The fraction of sp³-hybridized carbons (Fsp3) is 0.909. The van der Waals surface area contributed by atoms with Crippen LogP contribution in [0.3, 0.4) is 0 Å². The average Bonchev–Trinajstić information content (AvgIpc) is 2.09. The van der Waals surface area contributed by atoms with Crippen LogP contribution >= 0.6 is 0 Å². The molecule has 0 amide bonds. The maximum absolute atomic E-state index is 10.4. The molecule has 0 aliphatic heterocycles. The van der Waals surface area contributed by atoms with Gasteiger partial charge in [-0.25, -0.2) is 0 Å². The minimum absolute atomic E-state index is 0.0530. The van der Waals surface area contributed by atoms with Crippen LogP contribution in [0.4, 0.5) is 0 Å². The Morgan fingerprint density at radius 1 is 1.38 bits per heavy atom. The predicted molar refractivity (Wildman–Crippen MR) is 66.0 cm³/mol. The summed E-state index contributed by atoms with van der Waals surface area (Å²) in [6, 6.07) is 1.02. The van der Waals surface area contributed by atoms with E-state index in [-0.39, 0.29) is 19.1 Å². The summed E-state index contributed by atoms with van der Waals surface area (Å²) in [5, 5.41) is 17.7. The number of carboxylic acids is 1. The lowest BCUT2D eigenvalue weighted by Crippen LogP contribution is -2.38. The first kappa shape index (κ1) is 15.6. The Labute approximate surface area is 98.8 Å². The third-order valence-corrected chi connectivity index (χ3v) is 5.04. The number of hydrogen-bond acceptors (Lipinski definition) is 3. The second kappa shape index (κ2) is 7.03. The summed E-state index contributed by atoms with van der Waals surface area (Å²) in [5.41, 5.74) is 0. The van der Waals surface area contributed by atoms with Crippen molar-refractivity contribution in [1.29, 1.82) is 0 Å². The zero-order valence-corrected chi connectivity index (χ0v) is 11.7. The standard InChI is InChI=1S/C11H24O4Si/c1-9(2)8-16(3,4)15-10(7-12)5-6-11(13)14/h9-10,12H,5-8H2,1-4H3,(H,13,14)/t10-/m0/s1. The Bertz CT molecular complexity index is 216. The quantitative estimate of drug-likeness (QED) is 0.645. The van der Waals surface area contributed by atoms with E-state index in [1.807, 2.05) is 0 Å². The van der Waals surface area contributed by atoms with Gasteiger partial charge in [-0.3, -0.25) is 4.79 Å². The molecule has 0 bridgehead atoms. The Morgan fingerprint density at radius 3 is 2.31 bits per heavy atom. The molecule has 0 aromatic rings. The van der Waals surface area contributed by atoms with E-state index in [2.05, 4.69) is 26.9 Å². The van der Waals surface area contributed by atoms with Crippen molar-refractivity contribution in [2.45, 2.75) is 51.9 Å². The highest BCUT2D eigenvalue weighted by Gasteiger charge is 2.27. The van der Waals surface area contributed by atoms with Crippen LogP contribution in [0.5, 0.6) is 0 Å². The Hall–Kier alpha value is -0.393. The van der Waals surface area contributed by atoms with Gasteiger partial charge in [-0.1, -0.05) is 13.8 Å². The zero-order valence-electron chi connectivity index (χ0n) is 10.7. The van der Waals surface area contributed by atoms with Crippen molar-refractivity contribution in [3.63, 3.8) is 0 Å². The van der Waals surface area contributed by atoms with Crippen molar-refractivity contribution in [2.75, 3.05) is 6.61 Å². The number of carboxylic acid groups (broad SMARTS) is 1. The molecule has 0 aliphatic carbocycles. The third-order valence-electron chi connectivity index (χ3n) is 2.27. The molecule has 0 fully saturated rings. The average molecular weight is 248 g/mol. The number of carbonyl (C=O) groups is 1. The molecule has 0 heterocycles. The van der Waals surface area contributed by atoms with E-state index in [4.69, 9.17) is 14.6 Å². The Balaban J connectivity index is 4.13. The SMILES string of the molecule is CC(C)C[Si](C)(C)O[C@H](CO)CCC(=O)O. The summed E-state index contributed by atoms with van der Waals surface area (Å²) in [6.07, 6.45) is 0.120. The lowest BCUT2D eigenvalue weighted by molar-refractivity contribution is -0.137. The number of hydrogen-bond donors (Lipinski definition) is 2. The molecule has 0 spiro atoms. The van der Waals surface area contributed by atoms with Gasteiger partial charge in [0.05, 0.1) is 12.7 Å². The number of aliphatic hydroxyl groups excluding tert-OH is 1. The van der Waals surface area contributed by atoms with E-state index in [0.717, 1.165) is 6.04 Å². The summed E-state index contributed by atoms with van der Waals surface area (Å²) in [5.74, 6) is -0.272. The molecular formula is C11H24O4Si. The highest BCUT2D eigenvalue weighted by atomic mass is 28.4. The number of aliphatic hydroxyl groups is 1. The van der Waals surface area contributed by atoms with Crippen LogP contribution < -0.4 is 0 Å². The predicted octanol–water partition coefficient (Wildman–Crippen LogP) is 2.09. The first-order chi connectivity index (χ1) is 7.26. The zero-order chi connectivity index (χ0) is 12.8. The molecule has 96 valence electrons. The maximum atomic E-state index is 10.4. The highest BCUT2D eigenvalue weighted by Crippen LogP contribution is 2.20. The minimum atomic E-state index is -1.78. The molecule has 0 radical (unpaired) electrons. The molecule has 0 unspecified atom stereocenters. The van der Waals surface area contributed by atoms with Crippen molar-refractivity contribution in [2.24, 2.45) is 5.92 Å². The van der Waals surface area contributed by atoms with Gasteiger partial charge in [-0.05, 0) is 31.5 Å². The van der Waals surface area contributed by atoms with Gasteiger partial charge < -0.3 is 14.6 Å². The molecule has 0 rings (SSSR count).